The maximum atomic E-state index is 13.6. The summed E-state index contributed by atoms with van der Waals surface area (Å²) in [5.41, 5.74) is 4.98. The Labute approximate surface area is 217 Å². The van der Waals surface area contributed by atoms with Gasteiger partial charge in [-0.15, -0.1) is 0 Å². The van der Waals surface area contributed by atoms with Crippen molar-refractivity contribution >= 4 is 27.4 Å². The predicted molar refractivity (Wildman–Crippen MR) is 142 cm³/mol. The Morgan fingerprint density at radius 2 is 1.76 bits per heavy atom. The molecule has 1 aromatic carbocycles. The van der Waals surface area contributed by atoms with Gasteiger partial charge in [0.05, 0.1) is 17.1 Å². The number of H-pyrrole nitrogens is 1. The molecule has 0 saturated carbocycles. The fraction of sp³-hybridized carbons (Fsp3) is 0.560. The first-order chi connectivity index (χ1) is 17.4. The lowest BCUT2D eigenvalue weighted by molar-refractivity contribution is -0.0440. The zero-order chi connectivity index (χ0) is 27.5. The van der Waals surface area contributed by atoms with Gasteiger partial charge in [0.1, 0.15) is 5.82 Å². The number of anilines is 2. The van der Waals surface area contributed by atoms with Crippen molar-refractivity contribution in [3.8, 4) is 0 Å². The van der Waals surface area contributed by atoms with Crippen molar-refractivity contribution in [3.63, 3.8) is 0 Å². The van der Waals surface area contributed by atoms with E-state index < -0.39 is 27.2 Å². The summed E-state index contributed by atoms with van der Waals surface area (Å²) in [6.07, 6.45) is 0.886. The normalized spacial score (nSPS) is 18.8. The highest BCUT2D eigenvalue weighted by Crippen LogP contribution is 2.24. The molecule has 1 aliphatic rings. The molecule has 0 radical (unpaired) electrons. The van der Waals surface area contributed by atoms with Gasteiger partial charge in [-0.3, -0.25) is 19.1 Å². The van der Waals surface area contributed by atoms with Gasteiger partial charge >= 0.3 is 5.69 Å². The fourth-order valence-electron chi connectivity index (χ4n) is 4.42. The number of carbonyl (C=O) groups is 1. The summed E-state index contributed by atoms with van der Waals surface area (Å²) in [7, 11) is -3.78. The summed E-state index contributed by atoms with van der Waals surface area (Å²) in [6, 6.07) is 5.63. The third-order valence-electron chi connectivity index (χ3n) is 6.14. The molecule has 0 aliphatic carbocycles. The number of ether oxygens (including phenoxy) is 1. The number of hydrogen-bond donors (Lipinski definition) is 2. The van der Waals surface area contributed by atoms with E-state index in [4.69, 9.17) is 10.5 Å². The molecule has 1 fully saturated rings. The Bertz CT molecular complexity index is 1320. The van der Waals surface area contributed by atoms with Crippen LogP contribution in [0, 0.1) is 5.92 Å². The first-order valence-corrected chi connectivity index (χ1v) is 14.0. The number of sulfonamides is 1. The van der Waals surface area contributed by atoms with Gasteiger partial charge in [0, 0.05) is 31.7 Å². The smallest absolute Gasteiger partial charge is 0.330 e. The predicted octanol–water partition coefficient (Wildman–Crippen LogP) is 2.02. The molecular weight excluding hydrogens is 498 g/mol. The number of aromatic nitrogens is 2. The molecule has 2 atom stereocenters. The van der Waals surface area contributed by atoms with Gasteiger partial charge in [-0.2, -0.15) is 4.31 Å². The summed E-state index contributed by atoms with van der Waals surface area (Å²) < 4.78 is 34.6. The number of carbonyl (C=O) groups excluding carboxylic acids is 1. The summed E-state index contributed by atoms with van der Waals surface area (Å²) in [6.45, 7) is 10.4. The minimum Gasteiger partial charge on any atom is -0.383 e. The van der Waals surface area contributed by atoms with Crippen LogP contribution in [0.15, 0.2) is 38.8 Å². The van der Waals surface area contributed by atoms with Crippen LogP contribution in [0.4, 0.5) is 11.5 Å². The highest BCUT2D eigenvalue weighted by atomic mass is 32.2. The molecule has 1 aromatic heterocycles. The monoisotopic (exact) mass is 535 g/mol. The maximum Gasteiger partial charge on any atom is 0.330 e. The maximum absolute atomic E-state index is 13.6. The van der Waals surface area contributed by atoms with E-state index in [0.717, 1.165) is 6.42 Å². The molecule has 204 valence electrons. The standard InChI is InChI=1S/C25H37N5O6S/c1-6-7-12-29(21-22(26)30(13-16(2)3)25(33)27-23(21)31)24(32)19-8-10-20(11-9-19)37(34,35)28-14-17(4)36-18(5)15-28/h8-11,16-18H,6-7,12-15,26H2,1-5H3,(H,27,31,33). The topological polar surface area (TPSA) is 148 Å². The molecule has 0 spiro atoms. The Morgan fingerprint density at radius 1 is 1.16 bits per heavy atom. The van der Waals surface area contributed by atoms with Gasteiger partial charge in [-0.25, -0.2) is 13.2 Å². The first-order valence-electron chi connectivity index (χ1n) is 12.6. The average Bonchev–Trinajstić information content (AvgIpc) is 2.82. The second-order valence-corrected chi connectivity index (χ2v) is 11.8. The van der Waals surface area contributed by atoms with Crippen molar-refractivity contribution in [1.82, 2.24) is 13.9 Å². The zero-order valence-electron chi connectivity index (χ0n) is 22.1. The van der Waals surface area contributed by atoms with E-state index in [0.29, 0.717) is 6.42 Å². The Balaban J connectivity index is 1.98. The van der Waals surface area contributed by atoms with Crippen LogP contribution in [-0.2, 0) is 21.3 Å². The second-order valence-electron chi connectivity index (χ2n) is 9.91. The van der Waals surface area contributed by atoms with Gasteiger partial charge in [0.15, 0.2) is 5.69 Å². The van der Waals surface area contributed by atoms with Crippen molar-refractivity contribution in [1.29, 1.82) is 0 Å². The largest absolute Gasteiger partial charge is 0.383 e. The number of unbranched alkanes of at least 4 members (excludes halogenated alkanes) is 1. The lowest BCUT2D eigenvalue weighted by Crippen LogP contribution is -2.48. The lowest BCUT2D eigenvalue weighted by Gasteiger charge is -2.34. The molecular formula is C25H37N5O6S. The molecule has 2 aromatic rings. The molecule has 37 heavy (non-hydrogen) atoms. The van der Waals surface area contributed by atoms with Crippen LogP contribution < -0.4 is 21.9 Å². The van der Waals surface area contributed by atoms with E-state index in [9.17, 15) is 22.8 Å². The van der Waals surface area contributed by atoms with E-state index in [2.05, 4.69) is 4.98 Å². The number of nitrogens with zero attached hydrogens (tertiary/aromatic N) is 3. The highest BCUT2D eigenvalue weighted by molar-refractivity contribution is 7.89. The minimum absolute atomic E-state index is 0.0632. The van der Waals surface area contributed by atoms with E-state index >= 15 is 0 Å². The van der Waals surface area contributed by atoms with Gasteiger partial charge in [-0.05, 0) is 50.5 Å². The lowest BCUT2D eigenvalue weighted by atomic mass is 10.1. The molecule has 12 heteroatoms. The Kier molecular flexibility index (Phi) is 8.98. The summed E-state index contributed by atoms with van der Waals surface area (Å²) >= 11 is 0. The molecule has 11 nitrogen and oxygen atoms in total. The molecule has 1 saturated heterocycles. The minimum atomic E-state index is -3.78. The third kappa shape index (κ3) is 6.31. The number of rotatable bonds is 9. The van der Waals surface area contributed by atoms with E-state index in [1.165, 1.54) is 38.0 Å². The van der Waals surface area contributed by atoms with E-state index in [1.807, 2.05) is 34.6 Å². The van der Waals surface area contributed by atoms with Crippen LogP contribution in [0.3, 0.4) is 0 Å². The average molecular weight is 536 g/mol. The molecule has 2 heterocycles. The number of amides is 1. The van der Waals surface area contributed by atoms with Crippen LogP contribution in [0.25, 0.3) is 0 Å². The van der Waals surface area contributed by atoms with E-state index in [-0.39, 0.29) is 66.3 Å². The Hall–Kier alpha value is -2.96. The summed E-state index contributed by atoms with van der Waals surface area (Å²) in [5, 5.41) is 0. The van der Waals surface area contributed by atoms with Crippen LogP contribution in [-0.4, -0.2) is 60.0 Å². The van der Waals surface area contributed by atoms with Crippen LogP contribution in [0.5, 0.6) is 0 Å². The number of benzene rings is 1. The van der Waals surface area contributed by atoms with Crippen molar-refractivity contribution in [3.05, 3.63) is 50.7 Å². The molecule has 0 bridgehead atoms. The zero-order valence-corrected chi connectivity index (χ0v) is 22.9. The van der Waals surface area contributed by atoms with Crippen molar-refractivity contribution < 1.29 is 17.9 Å². The van der Waals surface area contributed by atoms with Gasteiger partial charge in [-0.1, -0.05) is 27.2 Å². The van der Waals surface area contributed by atoms with Gasteiger partial charge in [0.25, 0.3) is 11.5 Å². The molecule has 1 amide bonds. The third-order valence-corrected chi connectivity index (χ3v) is 7.98. The summed E-state index contributed by atoms with van der Waals surface area (Å²) in [5.74, 6) is -0.523. The number of morpholine rings is 1. The molecule has 1 aliphatic heterocycles. The molecule has 2 unspecified atom stereocenters. The SMILES string of the molecule is CCCCN(C(=O)c1ccc(S(=O)(=O)N2CC(C)OC(C)C2)cc1)c1c(N)n(CC(C)C)c(=O)[nH]c1=O. The van der Waals surface area contributed by atoms with Crippen LogP contribution >= 0.6 is 0 Å². The van der Waals surface area contributed by atoms with Crippen molar-refractivity contribution in [2.45, 2.75) is 71.1 Å². The number of aromatic amines is 1. The highest BCUT2D eigenvalue weighted by Gasteiger charge is 2.32. The number of nitrogen functional groups attached to an aromatic ring is 1. The van der Waals surface area contributed by atoms with Crippen LogP contribution in [0.2, 0.25) is 0 Å². The molecule has 3 N–H and O–H groups in total. The number of hydrogen-bond acceptors (Lipinski definition) is 7. The quantitative estimate of drug-likeness (QED) is 0.499. The van der Waals surface area contributed by atoms with E-state index in [1.54, 1.807) is 0 Å². The fourth-order valence-corrected chi connectivity index (χ4v) is 6.01. The Morgan fingerprint density at radius 3 is 2.30 bits per heavy atom. The summed E-state index contributed by atoms with van der Waals surface area (Å²) in [4.78, 5) is 42.4. The molecule has 3 rings (SSSR count). The van der Waals surface area contributed by atoms with Gasteiger partial charge < -0.3 is 15.4 Å². The number of nitrogens with one attached hydrogen (secondary N) is 1. The van der Waals surface area contributed by atoms with Crippen molar-refractivity contribution in [2.75, 3.05) is 30.3 Å². The second kappa shape index (κ2) is 11.6. The van der Waals surface area contributed by atoms with Crippen molar-refractivity contribution in [2.24, 2.45) is 5.92 Å². The first kappa shape index (κ1) is 28.6. The van der Waals surface area contributed by atoms with Gasteiger partial charge in [0.2, 0.25) is 10.0 Å². The van der Waals surface area contributed by atoms with Crippen LogP contribution in [0.1, 0.15) is 57.8 Å². The number of nitrogens with two attached hydrogens (primary N) is 1.